The van der Waals surface area contributed by atoms with Gasteiger partial charge in [0.15, 0.2) is 0 Å². The van der Waals surface area contributed by atoms with E-state index in [2.05, 4.69) is 29.0 Å². The van der Waals surface area contributed by atoms with Crippen molar-refractivity contribution in [3.63, 3.8) is 0 Å². The van der Waals surface area contributed by atoms with Crippen LogP contribution < -0.4 is 15.0 Å². The number of amides is 1. The van der Waals surface area contributed by atoms with Gasteiger partial charge in [-0.3, -0.25) is 4.79 Å². The van der Waals surface area contributed by atoms with Crippen molar-refractivity contribution in [2.45, 2.75) is 32.4 Å². The number of piperidine rings is 1. The Morgan fingerprint density at radius 1 is 1.24 bits per heavy atom. The normalized spacial score (nSPS) is 15.4. The van der Waals surface area contributed by atoms with Gasteiger partial charge in [-0.2, -0.15) is 4.98 Å². The molecule has 2 aromatic rings. The number of aromatic nitrogens is 1. The summed E-state index contributed by atoms with van der Waals surface area (Å²) >= 11 is 5.77. The summed E-state index contributed by atoms with van der Waals surface area (Å²) in [5, 5.41) is 3.02. The number of likely N-dealkylation sites (tertiary alicyclic amines) is 1. The van der Waals surface area contributed by atoms with Gasteiger partial charge in [0.25, 0.3) is 5.91 Å². The summed E-state index contributed by atoms with van der Waals surface area (Å²) in [6.07, 6.45) is 0.462. The molecule has 2 heterocycles. The van der Waals surface area contributed by atoms with Crippen molar-refractivity contribution in [1.29, 1.82) is 0 Å². The Morgan fingerprint density at radius 2 is 1.97 bits per heavy atom. The molecule has 0 radical (unpaired) electrons. The number of carbonyl (C=O) groups excluding carboxylic acids is 1. The Hall–Kier alpha value is -2.45. The number of rotatable bonds is 10. The highest BCUT2D eigenvalue weighted by Gasteiger charge is 2.35. The lowest BCUT2D eigenvalue weighted by Crippen LogP contribution is -2.49. The number of nitrogens with one attached hydrogen (secondary N) is 1. The maximum absolute atomic E-state index is 15.2. The number of halogens is 3. The third-order valence-electron chi connectivity index (χ3n) is 5.88. The van der Waals surface area contributed by atoms with E-state index in [9.17, 15) is 9.18 Å². The predicted molar refractivity (Wildman–Crippen MR) is 127 cm³/mol. The number of hydrogen-bond donors (Lipinski definition) is 1. The molecule has 0 atom stereocenters. The van der Waals surface area contributed by atoms with E-state index < -0.39 is 11.5 Å². The molecule has 6 nitrogen and oxygen atoms in total. The van der Waals surface area contributed by atoms with Crippen LogP contribution in [0.15, 0.2) is 36.4 Å². The third kappa shape index (κ3) is 6.77. The second-order valence-corrected chi connectivity index (χ2v) is 8.51. The minimum absolute atomic E-state index is 0.0981. The number of carbonyl (C=O) groups is 1. The Labute approximate surface area is 198 Å². The van der Waals surface area contributed by atoms with Gasteiger partial charge in [0, 0.05) is 63.7 Å². The standard InChI is InChI=1S/C24H31ClF2N4O2/c1-3-30(4-2)21-6-5-7-22(29-21)33-15-12-28-17-24(27)10-13-31(14-11-24)23(32)18-8-9-20(26)19(25)16-18/h5-9,16,28H,3-4,10-15,17H2,1-2H3. The molecule has 1 N–H and O–H groups in total. The van der Waals surface area contributed by atoms with Gasteiger partial charge >= 0.3 is 0 Å². The highest BCUT2D eigenvalue weighted by Crippen LogP contribution is 2.27. The Bertz CT molecular complexity index is 934. The summed E-state index contributed by atoms with van der Waals surface area (Å²) in [5.41, 5.74) is -1.08. The van der Waals surface area contributed by atoms with Crippen LogP contribution in [0.2, 0.25) is 5.02 Å². The van der Waals surface area contributed by atoms with Crippen molar-refractivity contribution in [3.8, 4) is 5.88 Å². The molecule has 1 aliphatic heterocycles. The molecule has 1 saturated heterocycles. The van der Waals surface area contributed by atoms with Crippen LogP contribution in [0.25, 0.3) is 0 Å². The molecule has 0 spiro atoms. The number of hydrogen-bond acceptors (Lipinski definition) is 5. The second kappa shape index (κ2) is 11.6. The number of anilines is 1. The smallest absolute Gasteiger partial charge is 0.253 e. The van der Waals surface area contributed by atoms with Crippen LogP contribution in [0.3, 0.4) is 0 Å². The van der Waals surface area contributed by atoms with Gasteiger partial charge in [-0.15, -0.1) is 0 Å². The summed E-state index contributed by atoms with van der Waals surface area (Å²) in [7, 11) is 0. The minimum Gasteiger partial charge on any atom is -0.476 e. The molecule has 1 aromatic carbocycles. The van der Waals surface area contributed by atoms with E-state index in [0.717, 1.165) is 18.9 Å². The van der Waals surface area contributed by atoms with Crippen LogP contribution in [0.1, 0.15) is 37.0 Å². The van der Waals surface area contributed by atoms with Gasteiger partial charge in [-0.25, -0.2) is 8.78 Å². The molecule has 3 rings (SSSR count). The molecule has 0 aliphatic carbocycles. The van der Waals surface area contributed by atoms with Crippen LogP contribution >= 0.6 is 11.6 Å². The molecule has 0 bridgehead atoms. The van der Waals surface area contributed by atoms with Crippen molar-refractivity contribution >= 4 is 23.3 Å². The number of ether oxygens (including phenoxy) is 1. The monoisotopic (exact) mass is 480 g/mol. The van der Waals surface area contributed by atoms with Gasteiger partial charge in [-0.1, -0.05) is 17.7 Å². The average Bonchev–Trinajstić information content (AvgIpc) is 2.82. The van der Waals surface area contributed by atoms with Gasteiger partial charge < -0.3 is 19.9 Å². The van der Waals surface area contributed by atoms with Gasteiger partial charge in [-0.05, 0) is 38.1 Å². The molecule has 1 amide bonds. The van der Waals surface area contributed by atoms with Gasteiger partial charge in [0.1, 0.15) is 23.9 Å². The quantitative estimate of drug-likeness (QED) is 0.513. The van der Waals surface area contributed by atoms with Crippen LogP contribution in [0, 0.1) is 5.82 Å². The number of benzene rings is 1. The van der Waals surface area contributed by atoms with Crippen LogP contribution in [-0.4, -0.2) is 67.3 Å². The first-order valence-corrected chi connectivity index (χ1v) is 11.7. The summed E-state index contributed by atoms with van der Waals surface area (Å²) < 4.78 is 34.2. The minimum atomic E-state index is -1.39. The largest absolute Gasteiger partial charge is 0.476 e. The van der Waals surface area contributed by atoms with E-state index in [4.69, 9.17) is 16.3 Å². The van der Waals surface area contributed by atoms with E-state index in [0.29, 0.717) is 37.7 Å². The van der Waals surface area contributed by atoms with E-state index in [1.165, 1.54) is 18.2 Å². The predicted octanol–water partition coefficient (Wildman–Crippen LogP) is 4.33. The zero-order valence-corrected chi connectivity index (χ0v) is 19.9. The fourth-order valence-corrected chi connectivity index (χ4v) is 4.03. The van der Waals surface area contributed by atoms with Crippen LogP contribution in [-0.2, 0) is 0 Å². The molecule has 1 aromatic heterocycles. The molecule has 1 fully saturated rings. The number of pyridine rings is 1. The van der Waals surface area contributed by atoms with Crippen molar-refractivity contribution in [1.82, 2.24) is 15.2 Å². The van der Waals surface area contributed by atoms with E-state index in [1.807, 2.05) is 18.2 Å². The van der Waals surface area contributed by atoms with Gasteiger partial charge in [0.2, 0.25) is 5.88 Å². The number of nitrogens with zero attached hydrogens (tertiary/aromatic N) is 3. The molecular formula is C24H31ClF2N4O2. The second-order valence-electron chi connectivity index (χ2n) is 8.10. The fourth-order valence-electron chi connectivity index (χ4n) is 3.85. The molecule has 0 unspecified atom stereocenters. The Morgan fingerprint density at radius 3 is 2.64 bits per heavy atom. The molecule has 180 valence electrons. The molecule has 9 heteroatoms. The maximum atomic E-state index is 15.2. The highest BCUT2D eigenvalue weighted by atomic mass is 35.5. The number of alkyl halides is 1. The summed E-state index contributed by atoms with van der Waals surface area (Å²) in [6.45, 7) is 7.53. The molecule has 0 saturated carbocycles. The van der Waals surface area contributed by atoms with E-state index in [1.54, 1.807) is 4.90 Å². The van der Waals surface area contributed by atoms with E-state index in [-0.39, 0.29) is 30.3 Å². The molecule has 1 aliphatic rings. The van der Waals surface area contributed by atoms with E-state index >= 15 is 4.39 Å². The van der Waals surface area contributed by atoms with Crippen LogP contribution in [0.5, 0.6) is 5.88 Å². The first kappa shape index (κ1) is 25.2. The van der Waals surface area contributed by atoms with Crippen LogP contribution in [0.4, 0.5) is 14.6 Å². The zero-order chi connectivity index (χ0) is 23.8. The van der Waals surface area contributed by atoms with Crippen molar-refractivity contribution < 1.29 is 18.3 Å². The van der Waals surface area contributed by atoms with Gasteiger partial charge in [0.05, 0.1) is 5.02 Å². The highest BCUT2D eigenvalue weighted by molar-refractivity contribution is 6.31. The third-order valence-corrected chi connectivity index (χ3v) is 6.17. The Balaban J connectivity index is 1.40. The maximum Gasteiger partial charge on any atom is 0.253 e. The zero-order valence-electron chi connectivity index (χ0n) is 19.1. The first-order chi connectivity index (χ1) is 15.8. The summed E-state index contributed by atoms with van der Waals surface area (Å²) in [5.74, 6) is 0.582. The fraction of sp³-hybridized carbons (Fsp3) is 0.500. The van der Waals surface area contributed by atoms with Crippen molar-refractivity contribution in [2.24, 2.45) is 0 Å². The molecular weight excluding hydrogens is 450 g/mol. The molecule has 33 heavy (non-hydrogen) atoms. The topological polar surface area (TPSA) is 57.7 Å². The summed E-state index contributed by atoms with van der Waals surface area (Å²) in [6, 6.07) is 9.55. The lowest BCUT2D eigenvalue weighted by molar-refractivity contribution is 0.0433. The summed E-state index contributed by atoms with van der Waals surface area (Å²) in [4.78, 5) is 20.8. The lowest BCUT2D eigenvalue weighted by atomic mass is 9.93. The lowest BCUT2D eigenvalue weighted by Gasteiger charge is -2.36. The first-order valence-electron chi connectivity index (χ1n) is 11.3. The van der Waals surface area contributed by atoms with Crippen molar-refractivity contribution in [3.05, 3.63) is 52.8 Å². The average molecular weight is 481 g/mol. The van der Waals surface area contributed by atoms with Crippen molar-refractivity contribution in [2.75, 3.05) is 50.8 Å². The SMILES string of the molecule is CCN(CC)c1cccc(OCCNCC2(F)CCN(C(=O)c3ccc(F)c(Cl)c3)CC2)n1. The Kier molecular flexibility index (Phi) is 8.86.